The zero-order valence-electron chi connectivity index (χ0n) is 11.9. The third kappa shape index (κ3) is 2.78. The van der Waals surface area contributed by atoms with Crippen molar-refractivity contribution in [2.75, 3.05) is 12.3 Å². The predicted molar refractivity (Wildman–Crippen MR) is 82.3 cm³/mol. The number of nitrogens with two attached hydrogens (primary N) is 1. The monoisotopic (exact) mass is 372 g/mol. The van der Waals surface area contributed by atoms with Gasteiger partial charge in [0.05, 0.1) is 22.4 Å². The molecule has 0 spiro atoms. The number of carboxylic acids is 1. The molecule has 2 rings (SSSR count). The number of ether oxygens (including phenoxy) is 1. The van der Waals surface area contributed by atoms with E-state index in [2.05, 4.69) is 15.9 Å². The molecule has 1 atom stereocenters. The van der Waals surface area contributed by atoms with Gasteiger partial charge in [-0.1, -0.05) is 0 Å². The van der Waals surface area contributed by atoms with E-state index in [4.69, 9.17) is 10.5 Å². The molecule has 2 bridgehead atoms. The van der Waals surface area contributed by atoms with Crippen LogP contribution < -0.4 is 16.0 Å². The number of hydrogen-bond acceptors (Lipinski definition) is 4. The Balaban J connectivity index is 3.09. The summed E-state index contributed by atoms with van der Waals surface area (Å²) in [4.78, 5) is 23.8. The van der Waals surface area contributed by atoms with E-state index in [1.165, 1.54) is 17.7 Å². The highest BCUT2D eigenvalue weighted by Gasteiger charge is 2.20. The first kappa shape index (κ1) is 16.3. The minimum Gasteiger partial charge on any atom is -0.489 e. The van der Waals surface area contributed by atoms with Gasteiger partial charge in [0.25, 0.3) is 5.56 Å². The van der Waals surface area contributed by atoms with Crippen LogP contribution in [-0.2, 0) is 0 Å². The van der Waals surface area contributed by atoms with Crippen molar-refractivity contribution in [1.29, 1.82) is 0 Å². The molecule has 6 nitrogen and oxygen atoms in total. The maximum Gasteiger partial charge on any atom is 0.341 e. The molecule has 2 heterocycles. The molecule has 0 radical (unpaired) electrons. The first-order chi connectivity index (χ1) is 10.2. The molecule has 0 aliphatic carbocycles. The highest BCUT2D eigenvalue weighted by molar-refractivity contribution is 9.10. The molecule has 0 fully saturated rings. The number of aromatic nitrogens is 1. The average Bonchev–Trinajstić information content (AvgIpc) is 2.48. The number of fused-ring (bicyclic) bond motifs is 2. The van der Waals surface area contributed by atoms with Gasteiger partial charge in [-0.15, -0.1) is 0 Å². The summed E-state index contributed by atoms with van der Waals surface area (Å²) in [5, 5.41) is 9.25. The Morgan fingerprint density at radius 2 is 2.23 bits per heavy atom. The topological polar surface area (TPSA) is 94.5 Å². The fraction of sp³-hybridized carbons (Fsp3) is 0.286. The van der Waals surface area contributed by atoms with Gasteiger partial charge >= 0.3 is 5.97 Å². The van der Waals surface area contributed by atoms with Crippen molar-refractivity contribution >= 4 is 27.6 Å². The normalized spacial score (nSPS) is 15.7. The molecule has 8 heteroatoms. The molecule has 1 aliphatic heterocycles. The van der Waals surface area contributed by atoms with Gasteiger partial charge in [0.1, 0.15) is 12.2 Å². The van der Waals surface area contributed by atoms with Crippen molar-refractivity contribution in [3.05, 3.63) is 44.0 Å². The van der Waals surface area contributed by atoms with Crippen LogP contribution in [-0.4, -0.2) is 22.2 Å². The predicted octanol–water partition coefficient (Wildman–Crippen LogP) is 2.42. The van der Waals surface area contributed by atoms with Crippen LogP contribution in [0.15, 0.2) is 21.5 Å². The van der Waals surface area contributed by atoms with Gasteiger partial charge in [-0.2, -0.15) is 0 Å². The number of hydrogen-bond donors (Lipinski definition) is 2. The molecular weight excluding hydrogens is 359 g/mol. The summed E-state index contributed by atoms with van der Waals surface area (Å²) in [7, 11) is 0. The Kier molecular flexibility index (Phi) is 4.41. The quantitative estimate of drug-likeness (QED) is 0.789. The molecular formula is C14H14BrFN2O4. The van der Waals surface area contributed by atoms with E-state index < -0.39 is 22.9 Å². The van der Waals surface area contributed by atoms with Crippen LogP contribution in [0.5, 0.6) is 5.75 Å². The van der Waals surface area contributed by atoms with Crippen molar-refractivity contribution in [1.82, 2.24) is 4.57 Å². The summed E-state index contributed by atoms with van der Waals surface area (Å²) in [5.41, 5.74) is 4.34. The zero-order valence-corrected chi connectivity index (χ0v) is 13.5. The van der Waals surface area contributed by atoms with Crippen LogP contribution >= 0.6 is 15.9 Å². The number of carbonyl (C=O) groups is 1. The SMILES string of the molecule is Cc1cc(C(=O)O)c(=O)n2cc(c(Br)c(F)c1N)OCC2C. The fourth-order valence-electron chi connectivity index (χ4n) is 2.01. The maximum atomic E-state index is 14.3. The second-order valence-corrected chi connectivity index (χ2v) is 5.75. The van der Waals surface area contributed by atoms with E-state index in [-0.39, 0.29) is 34.1 Å². The summed E-state index contributed by atoms with van der Waals surface area (Å²) in [5.74, 6) is -2.12. The van der Waals surface area contributed by atoms with Gasteiger partial charge in [-0.05, 0) is 41.4 Å². The highest BCUT2D eigenvalue weighted by Crippen LogP contribution is 2.31. The summed E-state index contributed by atoms with van der Waals surface area (Å²) in [6.45, 7) is 3.23. The van der Waals surface area contributed by atoms with Crippen LogP contribution in [0.4, 0.5) is 10.1 Å². The number of aromatic carboxylic acids is 1. The Hall–Kier alpha value is -2.09. The zero-order chi connectivity index (χ0) is 16.6. The number of carboxylic acid groups (broad SMARTS) is 1. The molecule has 1 aromatic heterocycles. The molecule has 1 unspecified atom stereocenters. The molecule has 0 aromatic carbocycles. The second kappa shape index (κ2) is 5.96. The lowest BCUT2D eigenvalue weighted by atomic mass is 10.1. The highest BCUT2D eigenvalue weighted by atomic mass is 79.9. The van der Waals surface area contributed by atoms with E-state index in [9.17, 15) is 19.1 Å². The van der Waals surface area contributed by atoms with Crippen molar-refractivity contribution in [2.24, 2.45) is 0 Å². The van der Waals surface area contributed by atoms with Crippen LogP contribution in [0.25, 0.3) is 0 Å². The molecule has 0 amide bonds. The molecule has 0 saturated carbocycles. The Morgan fingerprint density at radius 1 is 1.59 bits per heavy atom. The smallest absolute Gasteiger partial charge is 0.341 e. The van der Waals surface area contributed by atoms with Crippen LogP contribution in [0.3, 0.4) is 0 Å². The minimum absolute atomic E-state index is 0.0266. The number of nitrogen functional groups attached to an aromatic ring is 1. The van der Waals surface area contributed by atoms with E-state index in [1.54, 1.807) is 6.92 Å². The van der Waals surface area contributed by atoms with Crippen LogP contribution in [0.1, 0.15) is 28.9 Å². The lowest BCUT2D eigenvalue weighted by molar-refractivity contribution is 0.0693. The second-order valence-electron chi connectivity index (χ2n) is 4.95. The summed E-state index contributed by atoms with van der Waals surface area (Å²) >= 11 is 3.06. The van der Waals surface area contributed by atoms with Crippen molar-refractivity contribution < 1.29 is 19.0 Å². The van der Waals surface area contributed by atoms with Gasteiger partial charge < -0.3 is 20.1 Å². The van der Waals surface area contributed by atoms with E-state index in [1.807, 2.05) is 0 Å². The van der Waals surface area contributed by atoms with Crippen LogP contribution in [0.2, 0.25) is 0 Å². The summed E-state index contributed by atoms with van der Waals surface area (Å²) < 4.78 is 20.9. The molecule has 22 heavy (non-hydrogen) atoms. The third-order valence-electron chi connectivity index (χ3n) is 3.34. The average molecular weight is 373 g/mol. The number of rotatable bonds is 1. The standard InChI is InChI=1S/C14H14BrFN2O4/c1-6-3-8(14(20)21)13(19)18-4-9(22-5-7(18)2)10(15)11(16)12(6)17/h3-4,7H,5,17H2,1-2H3,(H,20,21). The lowest BCUT2D eigenvalue weighted by Gasteiger charge is -2.22. The van der Waals surface area contributed by atoms with E-state index in [0.29, 0.717) is 0 Å². The first-order valence-corrected chi connectivity index (χ1v) is 7.18. The molecule has 3 N–H and O–H groups in total. The van der Waals surface area contributed by atoms with Crippen molar-refractivity contribution in [2.45, 2.75) is 19.9 Å². The number of nitrogens with zero attached hydrogens (tertiary/aromatic N) is 1. The van der Waals surface area contributed by atoms with Gasteiger partial charge in [-0.3, -0.25) is 4.79 Å². The van der Waals surface area contributed by atoms with Crippen molar-refractivity contribution in [3.8, 4) is 5.75 Å². The van der Waals surface area contributed by atoms with Gasteiger partial charge in [0, 0.05) is 0 Å². The van der Waals surface area contributed by atoms with Crippen LogP contribution in [0, 0.1) is 12.7 Å². The molecule has 118 valence electrons. The number of anilines is 1. The first-order valence-electron chi connectivity index (χ1n) is 6.38. The van der Waals surface area contributed by atoms with Gasteiger partial charge in [0.15, 0.2) is 11.6 Å². The van der Waals surface area contributed by atoms with Crippen molar-refractivity contribution in [3.63, 3.8) is 0 Å². The molecule has 0 saturated heterocycles. The number of aryl methyl sites for hydroxylation is 1. The summed E-state index contributed by atoms with van der Waals surface area (Å²) in [6, 6.07) is 0.685. The Labute approximate surface area is 133 Å². The van der Waals surface area contributed by atoms with E-state index >= 15 is 0 Å². The Bertz CT molecular complexity index is 775. The molecule has 1 aliphatic rings. The fourth-order valence-corrected chi connectivity index (χ4v) is 2.44. The van der Waals surface area contributed by atoms with Gasteiger partial charge in [0.2, 0.25) is 0 Å². The third-order valence-corrected chi connectivity index (χ3v) is 4.08. The van der Waals surface area contributed by atoms with Gasteiger partial charge in [-0.25, -0.2) is 9.18 Å². The Morgan fingerprint density at radius 3 is 2.82 bits per heavy atom. The maximum absolute atomic E-state index is 14.3. The molecule has 1 aromatic rings. The number of halogens is 2. The minimum atomic E-state index is -1.41. The summed E-state index contributed by atoms with van der Waals surface area (Å²) in [6.07, 6.45) is 1.27. The lowest BCUT2D eigenvalue weighted by Crippen LogP contribution is -2.31. The largest absolute Gasteiger partial charge is 0.489 e. The van der Waals surface area contributed by atoms with E-state index in [0.717, 1.165) is 6.07 Å².